The Morgan fingerprint density at radius 2 is 1.91 bits per heavy atom. The molecule has 0 aliphatic carbocycles. The van der Waals surface area contributed by atoms with Crippen molar-refractivity contribution in [3.05, 3.63) is 92.9 Å². The number of aliphatic hydroxyl groups is 1. The molecule has 0 radical (unpaired) electrons. The molecular formula is C26H18BrClN2O4S. The summed E-state index contributed by atoms with van der Waals surface area (Å²) in [6.07, 6.45) is 0. The third kappa shape index (κ3) is 4.33. The van der Waals surface area contributed by atoms with Gasteiger partial charge in [0.1, 0.15) is 11.5 Å². The van der Waals surface area contributed by atoms with Crippen LogP contribution in [0.5, 0.6) is 5.75 Å². The van der Waals surface area contributed by atoms with Crippen LogP contribution >= 0.6 is 38.9 Å². The van der Waals surface area contributed by atoms with E-state index in [1.54, 1.807) is 24.3 Å². The quantitative estimate of drug-likeness (QED) is 0.164. The maximum Gasteiger partial charge on any atom is 0.301 e. The minimum absolute atomic E-state index is 0.00955. The van der Waals surface area contributed by atoms with E-state index in [0.29, 0.717) is 39.2 Å². The van der Waals surface area contributed by atoms with Crippen LogP contribution in [0, 0.1) is 0 Å². The van der Waals surface area contributed by atoms with Crippen molar-refractivity contribution in [1.29, 1.82) is 0 Å². The Bertz CT molecular complexity index is 1500. The summed E-state index contributed by atoms with van der Waals surface area (Å²) in [6.45, 7) is 2.43. The molecule has 9 heteroatoms. The molecule has 35 heavy (non-hydrogen) atoms. The zero-order valence-corrected chi connectivity index (χ0v) is 21.5. The molecule has 3 aromatic carbocycles. The molecule has 176 valence electrons. The zero-order valence-electron chi connectivity index (χ0n) is 18.4. The average molecular weight is 570 g/mol. The molecule has 1 amide bonds. The highest BCUT2D eigenvalue weighted by Crippen LogP contribution is 2.45. The van der Waals surface area contributed by atoms with Gasteiger partial charge in [-0.1, -0.05) is 51.0 Å². The first kappa shape index (κ1) is 23.5. The van der Waals surface area contributed by atoms with Crippen molar-refractivity contribution in [1.82, 2.24) is 4.98 Å². The Hall–Kier alpha value is -3.20. The lowest BCUT2D eigenvalue weighted by Crippen LogP contribution is -2.29. The number of thiazole rings is 1. The van der Waals surface area contributed by atoms with E-state index in [2.05, 4.69) is 20.9 Å². The molecule has 1 atom stereocenters. The topological polar surface area (TPSA) is 79.7 Å². The molecule has 4 aromatic rings. The van der Waals surface area contributed by atoms with Crippen LogP contribution in [0.1, 0.15) is 24.1 Å². The summed E-state index contributed by atoms with van der Waals surface area (Å²) in [6, 6.07) is 18.4. The number of nitrogens with zero attached hydrogens (tertiary/aromatic N) is 2. The first-order chi connectivity index (χ1) is 16.9. The first-order valence-electron chi connectivity index (χ1n) is 10.7. The van der Waals surface area contributed by atoms with Gasteiger partial charge in [0, 0.05) is 15.1 Å². The van der Waals surface area contributed by atoms with E-state index >= 15 is 0 Å². The Morgan fingerprint density at radius 1 is 1.14 bits per heavy atom. The second-order valence-corrected chi connectivity index (χ2v) is 10.2. The van der Waals surface area contributed by atoms with Crippen LogP contribution in [0.2, 0.25) is 5.02 Å². The number of ether oxygens (including phenoxy) is 1. The van der Waals surface area contributed by atoms with Crippen LogP contribution in [-0.2, 0) is 9.59 Å². The number of halogens is 2. The molecule has 1 N–H and O–H groups in total. The lowest BCUT2D eigenvalue weighted by Gasteiger charge is -2.23. The van der Waals surface area contributed by atoms with E-state index in [9.17, 15) is 14.7 Å². The second-order valence-electron chi connectivity index (χ2n) is 7.79. The molecule has 2 heterocycles. The van der Waals surface area contributed by atoms with Gasteiger partial charge in [-0.05, 0) is 67.1 Å². The predicted octanol–water partition coefficient (Wildman–Crippen LogP) is 6.74. The Morgan fingerprint density at radius 3 is 2.63 bits per heavy atom. The third-order valence-corrected chi connectivity index (χ3v) is 7.35. The largest absolute Gasteiger partial charge is 0.507 e. The number of hydrogen-bond donors (Lipinski definition) is 1. The van der Waals surface area contributed by atoms with Crippen LogP contribution in [0.3, 0.4) is 0 Å². The fraction of sp³-hybridized carbons (Fsp3) is 0.115. The first-order valence-corrected chi connectivity index (χ1v) is 12.7. The molecule has 0 unspecified atom stereocenters. The van der Waals surface area contributed by atoms with Crippen LogP contribution in [-0.4, -0.2) is 28.4 Å². The molecule has 1 aromatic heterocycles. The van der Waals surface area contributed by atoms with Gasteiger partial charge in [-0.2, -0.15) is 0 Å². The molecule has 1 aliphatic heterocycles. The maximum absolute atomic E-state index is 13.4. The number of Topliss-reactive ketones (excluding diaryl/α,β-unsaturated/α-hetero) is 1. The zero-order chi connectivity index (χ0) is 24.7. The minimum Gasteiger partial charge on any atom is -0.507 e. The van der Waals surface area contributed by atoms with Crippen molar-refractivity contribution in [2.45, 2.75) is 13.0 Å². The van der Waals surface area contributed by atoms with Gasteiger partial charge in [0.15, 0.2) is 5.13 Å². The minimum atomic E-state index is -0.866. The highest BCUT2D eigenvalue weighted by molar-refractivity contribution is 9.10. The molecule has 6 nitrogen and oxygen atoms in total. The van der Waals surface area contributed by atoms with Gasteiger partial charge >= 0.3 is 5.91 Å². The summed E-state index contributed by atoms with van der Waals surface area (Å²) in [7, 11) is 0. The van der Waals surface area contributed by atoms with E-state index in [4.69, 9.17) is 16.3 Å². The predicted molar refractivity (Wildman–Crippen MR) is 141 cm³/mol. The highest BCUT2D eigenvalue weighted by Gasteiger charge is 2.48. The van der Waals surface area contributed by atoms with Crippen molar-refractivity contribution in [2.24, 2.45) is 0 Å². The number of amides is 1. The monoisotopic (exact) mass is 568 g/mol. The summed E-state index contributed by atoms with van der Waals surface area (Å²) >= 11 is 10.7. The van der Waals surface area contributed by atoms with Crippen molar-refractivity contribution in [3.63, 3.8) is 0 Å². The molecule has 1 aliphatic rings. The number of benzene rings is 3. The summed E-state index contributed by atoms with van der Waals surface area (Å²) in [5, 5.41) is 12.0. The lowest BCUT2D eigenvalue weighted by atomic mass is 9.95. The van der Waals surface area contributed by atoms with Crippen LogP contribution in [0.15, 0.2) is 76.8 Å². The van der Waals surface area contributed by atoms with E-state index in [1.807, 2.05) is 49.4 Å². The standard InChI is InChI=1S/C26H18BrClN2O4S/c1-2-34-18-10-11-19-20(13-18)35-26(29-19)30-22(15-4-3-5-16(27)12-15)21(24(32)25(30)33)23(31)14-6-8-17(28)9-7-14/h3-13,22,31H,2H2,1H3/b23-21+/t22-/m0/s1. The Labute approximate surface area is 218 Å². The number of fused-ring (bicyclic) bond motifs is 1. The normalized spacial score (nSPS) is 17.3. The summed E-state index contributed by atoms with van der Waals surface area (Å²) in [5.41, 5.74) is 1.71. The van der Waals surface area contributed by atoms with Crippen LogP contribution in [0.25, 0.3) is 16.0 Å². The number of aliphatic hydroxyl groups excluding tert-OH is 1. The van der Waals surface area contributed by atoms with Gasteiger partial charge in [-0.3, -0.25) is 14.5 Å². The van der Waals surface area contributed by atoms with E-state index in [-0.39, 0.29) is 11.3 Å². The van der Waals surface area contributed by atoms with Gasteiger partial charge < -0.3 is 9.84 Å². The molecule has 1 fully saturated rings. The fourth-order valence-electron chi connectivity index (χ4n) is 4.04. The molecule has 0 bridgehead atoms. The molecule has 0 spiro atoms. The Kier molecular flexibility index (Phi) is 6.35. The summed E-state index contributed by atoms with van der Waals surface area (Å²) < 4.78 is 7.18. The van der Waals surface area contributed by atoms with Crippen molar-refractivity contribution >= 4 is 71.7 Å². The number of anilines is 1. The number of carbonyl (C=O) groups is 2. The smallest absolute Gasteiger partial charge is 0.301 e. The van der Waals surface area contributed by atoms with Gasteiger partial charge in [0.2, 0.25) is 0 Å². The number of carbonyl (C=O) groups excluding carboxylic acids is 2. The summed E-state index contributed by atoms with van der Waals surface area (Å²) in [4.78, 5) is 32.7. The molecular weight excluding hydrogens is 552 g/mol. The second kappa shape index (κ2) is 9.45. The molecule has 5 rings (SSSR count). The maximum atomic E-state index is 13.4. The summed E-state index contributed by atoms with van der Waals surface area (Å²) in [5.74, 6) is -1.11. The van der Waals surface area contributed by atoms with Crippen LogP contribution < -0.4 is 9.64 Å². The Balaban J connectivity index is 1.70. The van der Waals surface area contributed by atoms with E-state index < -0.39 is 17.7 Å². The number of aromatic nitrogens is 1. The van der Waals surface area contributed by atoms with E-state index in [0.717, 1.165) is 9.17 Å². The lowest BCUT2D eigenvalue weighted by molar-refractivity contribution is -0.132. The average Bonchev–Trinajstić information content (AvgIpc) is 3.37. The SMILES string of the molecule is CCOc1ccc2nc(N3C(=O)C(=O)/C(=C(/O)c4ccc(Cl)cc4)[C@@H]3c3cccc(Br)c3)sc2c1. The van der Waals surface area contributed by atoms with Gasteiger partial charge in [0.25, 0.3) is 5.78 Å². The number of ketones is 1. The highest BCUT2D eigenvalue weighted by atomic mass is 79.9. The number of hydrogen-bond acceptors (Lipinski definition) is 6. The fourth-order valence-corrected chi connectivity index (χ4v) is 5.60. The van der Waals surface area contributed by atoms with Crippen molar-refractivity contribution in [2.75, 3.05) is 11.5 Å². The molecule has 0 saturated carbocycles. The van der Waals surface area contributed by atoms with Crippen molar-refractivity contribution in [3.8, 4) is 5.75 Å². The van der Waals surface area contributed by atoms with Gasteiger partial charge in [-0.15, -0.1) is 0 Å². The van der Waals surface area contributed by atoms with E-state index in [1.165, 1.54) is 16.2 Å². The van der Waals surface area contributed by atoms with Gasteiger partial charge in [-0.25, -0.2) is 4.98 Å². The van der Waals surface area contributed by atoms with Gasteiger partial charge in [0.05, 0.1) is 28.4 Å². The number of rotatable bonds is 5. The third-order valence-electron chi connectivity index (χ3n) is 5.59. The molecule has 1 saturated heterocycles. The van der Waals surface area contributed by atoms with Crippen LogP contribution in [0.4, 0.5) is 5.13 Å². The van der Waals surface area contributed by atoms with Crippen molar-refractivity contribution < 1.29 is 19.4 Å².